The smallest absolute Gasteiger partial charge is 0.243 e. The van der Waals surface area contributed by atoms with Gasteiger partial charge in [0.1, 0.15) is 11.8 Å². The van der Waals surface area contributed by atoms with Crippen molar-refractivity contribution in [3.63, 3.8) is 0 Å². The number of rotatable bonds is 11. The van der Waals surface area contributed by atoms with Gasteiger partial charge in [0.25, 0.3) is 0 Å². The predicted molar refractivity (Wildman–Crippen MR) is 134 cm³/mol. The average Bonchev–Trinajstić information content (AvgIpc) is 3.38. The Morgan fingerprint density at radius 1 is 0.971 bits per heavy atom. The molecule has 0 aliphatic heterocycles. The minimum absolute atomic E-state index is 0.0586. The lowest BCUT2D eigenvalue weighted by molar-refractivity contribution is -0.127. The van der Waals surface area contributed by atoms with E-state index in [2.05, 4.69) is 10.0 Å². The summed E-state index contributed by atoms with van der Waals surface area (Å²) in [6, 6.07) is 17.8. The van der Waals surface area contributed by atoms with E-state index in [4.69, 9.17) is 4.42 Å². The van der Waals surface area contributed by atoms with Gasteiger partial charge in [-0.2, -0.15) is 0 Å². The largest absolute Gasteiger partial charge is 0.467 e. The second kappa shape index (κ2) is 11.8. The molecule has 9 heteroatoms. The van der Waals surface area contributed by atoms with Gasteiger partial charge in [0, 0.05) is 5.69 Å². The molecule has 2 amide bonds. The van der Waals surface area contributed by atoms with E-state index in [0.717, 1.165) is 12.0 Å². The van der Waals surface area contributed by atoms with Crippen molar-refractivity contribution in [2.75, 3.05) is 11.4 Å². The van der Waals surface area contributed by atoms with Gasteiger partial charge in [-0.05, 0) is 54.3 Å². The van der Waals surface area contributed by atoms with Crippen LogP contribution >= 0.6 is 0 Å². The van der Waals surface area contributed by atoms with Crippen LogP contribution < -0.4 is 14.9 Å². The summed E-state index contributed by atoms with van der Waals surface area (Å²) >= 11 is 0. The molecule has 1 heterocycles. The number of amides is 2. The van der Waals surface area contributed by atoms with Gasteiger partial charge in [-0.15, -0.1) is 0 Å². The standard InChI is InChI=1S/C26H31N3O5S/c1-4-20-12-14-21(15-13-20)29(24(30)18-28-35(32,33)23-10-6-5-7-11-23)25(19(2)3)26(31)27-17-22-9-8-16-34-22/h5-16,19,25,28H,4,17-18H2,1-3H3,(H,27,31)/t25-/m0/s1. The molecule has 1 aromatic heterocycles. The molecule has 0 spiro atoms. The lowest BCUT2D eigenvalue weighted by Crippen LogP contribution is -2.54. The molecule has 3 rings (SSSR count). The summed E-state index contributed by atoms with van der Waals surface area (Å²) in [7, 11) is -3.90. The zero-order chi connectivity index (χ0) is 25.4. The van der Waals surface area contributed by atoms with Gasteiger partial charge >= 0.3 is 0 Å². The lowest BCUT2D eigenvalue weighted by Gasteiger charge is -2.33. The second-order valence-electron chi connectivity index (χ2n) is 8.41. The fourth-order valence-electron chi connectivity index (χ4n) is 3.69. The second-order valence-corrected chi connectivity index (χ2v) is 10.2. The molecule has 35 heavy (non-hydrogen) atoms. The monoisotopic (exact) mass is 497 g/mol. The molecular formula is C26H31N3O5S. The highest BCUT2D eigenvalue weighted by molar-refractivity contribution is 7.89. The molecule has 2 N–H and O–H groups in total. The number of hydrogen-bond acceptors (Lipinski definition) is 5. The first-order chi connectivity index (χ1) is 16.7. The first-order valence-electron chi connectivity index (χ1n) is 11.5. The first kappa shape index (κ1) is 26.2. The van der Waals surface area contributed by atoms with E-state index in [0.29, 0.717) is 11.4 Å². The number of nitrogens with one attached hydrogen (secondary N) is 2. The zero-order valence-corrected chi connectivity index (χ0v) is 20.9. The molecule has 186 valence electrons. The Bertz CT molecular complexity index is 1210. The van der Waals surface area contributed by atoms with Crippen LogP contribution in [0.3, 0.4) is 0 Å². The van der Waals surface area contributed by atoms with Crippen molar-refractivity contribution in [1.82, 2.24) is 10.0 Å². The maximum atomic E-state index is 13.5. The maximum Gasteiger partial charge on any atom is 0.243 e. The minimum Gasteiger partial charge on any atom is -0.467 e. The zero-order valence-electron chi connectivity index (χ0n) is 20.1. The fraction of sp³-hybridized carbons (Fsp3) is 0.308. The van der Waals surface area contributed by atoms with Gasteiger partial charge < -0.3 is 9.73 Å². The van der Waals surface area contributed by atoms with Gasteiger partial charge in [0.2, 0.25) is 21.8 Å². The van der Waals surface area contributed by atoms with Gasteiger partial charge in [-0.3, -0.25) is 14.5 Å². The van der Waals surface area contributed by atoms with E-state index in [1.807, 2.05) is 32.9 Å². The number of benzene rings is 2. The van der Waals surface area contributed by atoms with Gasteiger partial charge in [0.05, 0.1) is 24.2 Å². The van der Waals surface area contributed by atoms with E-state index in [9.17, 15) is 18.0 Å². The van der Waals surface area contributed by atoms with E-state index >= 15 is 0 Å². The van der Waals surface area contributed by atoms with Crippen molar-refractivity contribution >= 4 is 27.5 Å². The van der Waals surface area contributed by atoms with Crippen molar-refractivity contribution in [3.8, 4) is 0 Å². The molecule has 0 bridgehead atoms. The van der Waals surface area contributed by atoms with Crippen LogP contribution in [0, 0.1) is 5.92 Å². The highest BCUT2D eigenvalue weighted by Crippen LogP contribution is 2.23. The third-order valence-corrected chi connectivity index (χ3v) is 6.97. The summed E-state index contributed by atoms with van der Waals surface area (Å²) in [5.41, 5.74) is 1.59. The van der Waals surface area contributed by atoms with Crippen molar-refractivity contribution in [3.05, 3.63) is 84.3 Å². The van der Waals surface area contributed by atoms with Gasteiger partial charge in [0.15, 0.2) is 0 Å². The molecule has 1 atom stereocenters. The highest BCUT2D eigenvalue weighted by Gasteiger charge is 2.34. The third kappa shape index (κ3) is 6.80. The number of aryl methyl sites for hydroxylation is 1. The number of anilines is 1. The summed E-state index contributed by atoms with van der Waals surface area (Å²) in [6.45, 7) is 5.38. The number of carbonyl (C=O) groups is 2. The SMILES string of the molecule is CCc1ccc(N(C(=O)CNS(=O)(=O)c2ccccc2)[C@H](C(=O)NCc2ccco2)C(C)C)cc1. The predicted octanol–water partition coefficient (Wildman–Crippen LogP) is 3.49. The van der Waals surface area contributed by atoms with E-state index in [1.54, 1.807) is 42.5 Å². The van der Waals surface area contributed by atoms with Crippen molar-refractivity contribution < 1.29 is 22.4 Å². The van der Waals surface area contributed by atoms with Crippen molar-refractivity contribution in [1.29, 1.82) is 0 Å². The normalized spacial score (nSPS) is 12.3. The summed E-state index contributed by atoms with van der Waals surface area (Å²) in [6.07, 6.45) is 2.34. The molecule has 0 saturated carbocycles. The number of hydrogen-bond donors (Lipinski definition) is 2. The molecule has 8 nitrogen and oxygen atoms in total. The molecule has 0 saturated heterocycles. The molecule has 0 radical (unpaired) electrons. The number of carbonyl (C=O) groups excluding carboxylic acids is 2. The minimum atomic E-state index is -3.90. The van der Waals surface area contributed by atoms with Crippen LogP contribution in [0.4, 0.5) is 5.69 Å². The van der Waals surface area contributed by atoms with Crippen molar-refractivity contribution in [2.45, 2.75) is 44.7 Å². The van der Waals surface area contributed by atoms with Crippen LogP contribution in [0.1, 0.15) is 32.1 Å². The van der Waals surface area contributed by atoms with E-state index in [1.165, 1.54) is 23.3 Å². The number of furan rings is 1. The summed E-state index contributed by atoms with van der Waals surface area (Å²) < 4.78 is 33.0. The van der Waals surface area contributed by atoms with Crippen LogP contribution in [0.5, 0.6) is 0 Å². The fourth-order valence-corrected chi connectivity index (χ4v) is 4.68. The summed E-state index contributed by atoms with van der Waals surface area (Å²) in [5, 5.41) is 2.83. The molecule has 0 aliphatic carbocycles. The summed E-state index contributed by atoms with van der Waals surface area (Å²) in [4.78, 5) is 28.1. The first-order valence-corrected chi connectivity index (χ1v) is 13.0. The topological polar surface area (TPSA) is 109 Å². The van der Waals surface area contributed by atoms with E-state index in [-0.39, 0.29) is 23.3 Å². The lowest BCUT2D eigenvalue weighted by atomic mass is 9.99. The van der Waals surface area contributed by atoms with Gasteiger partial charge in [-0.1, -0.05) is 51.1 Å². The number of nitrogens with zero attached hydrogens (tertiary/aromatic N) is 1. The molecule has 0 fully saturated rings. The number of sulfonamides is 1. The summed E-state index contributed by atoms with van der Waals surface area (Å²) in [5.74, 6) is -0.579. The molecule has 2 aromatic carbocycles. The van der Waals surface area contributed by atoms with Crippen LogP contribution in [0.25, 0.3) is 0 Å². The van der Waals surface area contributed by atoms with E-state index < -0.39 is 28.5 Å². The maximum absolute atomic E-state index is 13.5. The Labute approximate surface area is 206 Å². The molecule has 0 unspecified atom stereocenters. The highest BCUT2D eigenvalue weighted by atomic mass is 32.2. The third-order valence-electron chi connectivity index (χ3n) is 5.55. The molecule has 0 aliphatic rings. The Hall–Kier alpha value is -3.43. The quantitative estimate of drug-likeness (QED) is 0.422. The van der Waals surface area contributed by atoms with Crippen LogP contribution in [-0.4, -0.2) is 32.8 Å². The molecular weight excluding hydrogens is 466 g/mol. The van der Waals surface area contributed by atoms with Crippen LogP contribution in [-0.2, 0) is 32.6 Å². The van der Waals surface area contributed by atoms with Gasteiger partial charge in [-0.25, -0.2) is 13.1 Å². The average molecular weight is 498 g/mol. The Kier molecular flexibility index (Phi) is 8.84. The molecule has 3 aromatic rings. The Balaban J connectivity index is 1.87. The van der Waals surface area contributed by atoms with Crippen LogP contribution in [0.2, 0.25) is 0 Å². The van der Waals surface area contributed by atoms with Crippen molar-refractivity contribution in [2.24, 2.45) is 5.92 Å². The van der Waals surface area contributed by atoms with Crippen LogP contribution in [0.15, 0.2) is 82.3 Å². The Morgan fingerprint density at radius 2 is 1.66 bits per heavy atom. The Morgan fingerprint density at radius 3 is 2.23 bits per heavy atom.